The van der Waals surface area contributed by atoms with Gasteiger partial charge in [-0.2, -0.15) is 0 Å². The number of benzene rings is 2. The Balaban J connectivity index is 2.04. The molecular weight excluding hydrogens is 302 g/mol. The van der Waals surface area contributed by atoms with E-state index < -0.39 is 0 Å². The van der Waals surface area contributed by atoms with Gasteiger partial charge in [0.1, 0.15) is 0 Å². The van der Waals surface area contributed by atoms with Crippen LogP contribution in [0.25, 0.3) is 5.57 Å². The molecule has 0 spiro atoms. The van der Waals surface area contributed by atoms with Gasteiger partial charge in [0.25, 0.3) is 0 Å². The summed E-state index contributed by atoms with van der Waals surface area (Å²) in [5, 5.41) is 0. The average Bonchev–Trinajstić information content (AvgIpc) is 2.59. The summed E-state index contributed by atoms with van der Waals surface area (Å²) in [7, 11) is 4.37. The number of rotatable bonds is 8. The first-order valence-corrected chi connectivity index (χ1v) is 8.85. The zero-order chi connectivity index (χ0) is 16.5. The zero-order valence-corrected chi connectivity index (χ0v) is 15.0. The van der Waals surface area contributed by atoms with Gasteiger partial charge in [-0.25, -0.2) is 0 Å². The third-order valence-corrected chi connectivity index (χ3v) is 4.71. The van der Waals surface area contributed by atoms with E-state index in [0.717, 1.165) is 17.4 Å². The Hall–Kier alpha value is -1.57. The second kappa shape index (κ2) is 8.90. The number of quaternary nitrogens is 1. The van der Waals surface area contributed by atoms with E-state index in [2.05, 4.69) is 80.8 Å². The molecule has 23 heavy (non-hydrogen) atoms. The molecule has 0 atom stereocenters. The van der Waals surface area contributed by atoms with E-state index in [1.807, 2.05) is 0 Å². The quantitative estimate of drug-likeness (QED) is 0.257. The van der Waals surface area contributed by atoms with Crippen molar-refractivity contribution in [1.29, 1.82) is 0 Å². The highest BCUT2D eigenvalue weighted by molar-refractivity contribution is 6.16. The Morgan fingerprint density at radius 3 is 1.87 bits per heavy atom. The molecule has 2 rings (SSSR count). The summed E-state index contributed by atoms with van der Waals surface area (Å²) in [5.41, 5.74) is 3.91. The maximum Gasteiger partial charge on any atom is 0.154 e. The zero-order valence-electron chi connectivity index (χ0n) is 14.2. The number of hydrogen-bond acceptors (Lipinski definition) is 0. The van der Waals surface area contributed by atoms with Gasteiger partial charge < -0.3 is 4.48 Å². The number of nitrogens with zero attached hydrogens (tertiary/aromatic N) is 1. The SMILES string of the molecule is C[N+](C)(CCl)CCCCC=C(c1ccccc1)c1ccccc1. The lowest BCUT2D eigenvalue weighted by atomic mass is 9.96. The summed E-state index contributed by atoms with van der Waals surface area (Å²) in [6.45, 7) is 1.13. The Kier molecular flexibility index (Phi) is 6.88. The molecule has 0 aromatic heterocycles. The summed E-state index contributed by atoms with van der Waals surface area (Å²) < 4.78 is 0.884. The number of halogens is 1. The summed E-state index contributed by atoms with van der Waals surface area (Å²) in [5.74, 6) is 0. The van der Waals surface area contributed by atoms with Crippen molar-refractivity contribution in [2.24, 2.45) is 0 Å². The summed E-state index contributed by atoms with van der Waals surface area (Å²) in [4.78, 5) is 0. The van der Waals surface area contributed by atoms with E-state index in [1.165, 1.54) is 29.5 Å². The van der Waals surface area contributed by atoms with Crippen molar-refractivity contribution >= 4 is 17.2 Å². The van der Waals surface area contributed by atoms with E-state index in [-0.39, 0.29) is 0 Å². The van der Waals surface area contributed by atoms with Crippen molar-refractivity contribution in [1.82, 2.24) is 0 Å². The van der Waals surface area contributed by atoms with Gasteiger partial charge in [-0.1, -0.05) is 78.3 Å². The molecule has 0 saturated heterocycles. The van der Waals surface area contributed by atoms with E-state index in [1.54, 1.807) is 0 Å². The van der Waals surface area contributed by atoms with Crippen LogP contribution in [0, 0.1) is 0 Å². The predicted molar refractivity (Wildman–Crippen MR) is 102 cm³/mol. The lowest BCUT2D eigenvalue weighted by Crippen LogP contribution is -2.38. The number of hydrogen-bond donors (Lipinski definition) is 0. The van der Waals surface area contributed by atoms with E-state index in [0.29, 0.717) is 6.00 Å². The Morgan fingerprint density at radius 1 is 0.870 bits per heavy atom. The summed E-state index contributed by atoms with van der Waals surface area (Å²) in [6.07, 6.45) is 5.88. The van der Waals surface area contributed by atoms with Crippen LogP contribution >= 0.6 is 11.6 Å². The molecule has 0 bridgehead atoms. The van der Waals surface area contributed by atoms with Crippen molar-refractivity contribution < 1.29 is 4.48 Å². The molecule has 2 aromatic rings. The van der Waals surface area contributed by atoms with E-state index in [9.17, 15) is 0 Å². The Labute approximate surface area is 145 Å². The molecular formula is C21H27ClN+. The van der Waals surface area contributed by atoms with E-state index in [4.69, 9.17) is 11.6 Å². The van der Waals surface area contributed by atoms with Crippen molar-refractivity contribution in [3.05, 3.63) is 77.9 Å². The van der Waals surface area contributed by atoms with Crippen molar-refractivity contribution in [2.45, 2.75) is 19.3 Å². The van der Waals surface area contributed by atoms with Gasteiger partial charge in [-0.3, -0.25) is 0 Å². The second-order valence-electron chi connectivity index (χ2n) is 6.62. The minimum atomic E-state index is 0.676. The van der Waals surface area contributed by atoms with Gasteiger partial charge in [0.05, 0.1) is 20.6 Å². The monoisotopic (exact) mass is 328 g/mol. The first kappa shape index (κ1) is 17.8. The van der Waals surface area contributed by atoms with Crippen LogP contribution in [0.1, 0.15) is 30.4 Å². The fourth-order valence-corrected chi connectivity index (χ4v) is 2.75. The fourth-order valence-electron chi connectivity index (χ4n) is 2.63. The summed E-state index contributed by atoms with van der Waals surface area (Å²) in [6, 6.07) is 22.0. The molecule has 0 saturated carbocycles. The van der Waals surface area contributed by atoms with Crippen LogP contribution in [0.2, 0.25) is 0 Å². The largest absolute Gasteiger partial charge is 0.316 e. The van der Waals surface area contributed by atoms with Gasteiger partial charge in [-0.05, 0) is 36.0 Å². The topological polar surface area (TPSA) is 0 Å². The Bertz CT molecular complexity index is 561. The lowest BCUT2D eigenvalue weighted by molar-refractivity contribution is -0.879. The molecule has 0 fully saturated rings. The van der Waals surface area contributed by atoms with Crippen LogP contribution < -0.4 is 0 Å². The third-order valence-electron chi connectivity index (χ3n) is 4.06. The summed E-state index contributed by atoms with van der Waals surface area (Å²) >= 11 is 5.98. The van der Waals surface area contributed by atoms with Crippen molar-refractivity contribution in [3.63, 3.8) is 0 Å². The second-order valence-corrected chi connectivity index (χ2v) is 6.86. The standard InChI is InChI=1S/C21H27ClN/c1-23(2,18-22)17-11-5-10-16-21(19-12-6-3-7-13-19)20-14-8-4-9-15-20/h3-4,6-9,12-16H,5,10-11,17-18H2,1-2H3/q+1. The van der Waals surface area contributed by atoms with Crippen LogP contribution in [0.4, 0.5) is 0 Å². The predicted octanol–water partition coefficient (Wildman–Crippen LogP) is 5.56. The van der Waals surface area contributed by atoms with Crippen molar-refractivity contribution in [3.8, 4) is 0 Å². The molecule has 0 N–H and O–H groups in total. The van der Waals surface area contributed by atoms with Crippen LogP contribution in [-0.4, -0.2) is 31.1 Å². The fraction of sp³-hybridized carbons (Fsp3) is 0.333. The average molecular weight is 329 g/mol. The van der Waals surface area contributed by atoms with Gasteiger partial charge in [0, 0.05) is 0 Å². The minimum Gasteiger partial charge on any atom is -0.316 e. The molecule has 0 radical (unpaired) electrons. The number of unbranched alkanes of at least 4 members (excludes halogenated alkanes) is 2. The molecule has 0 heterocycles. The van der Waals surface area contributed by atoms with Crippen molar-refractivity contribution in [2.75, 3.05) is 26.6 Å². The molecule has 122 valence electrons. The molecule has 2 aromatic carbocycles. The molecule has 0 aliphatic heterocycles. The van der Waals surface area contributed by atoms with E-state index >= 15 is 0 Å². The highest BCUT2D eigenvalue weighted by Gasteiger charge is 2.11. The van der Waals surface area contributed by atoms with Gasteiger partial charge in [0.2, 0.25) is 0 Å². The Morgan fingerprint density at radius 2 is 1.39 bits per heavy atom. The normalized spacial score (nSPS) is 11.3. The van der Waals surface area contributed by atoms with Crippen LogP contribution in [0.5, 0.6) is 0 Å². The maximum absolute atomic E-state index is 5.98. The minimum absolute atomic E-state index is 0.676. The molecule has 0 unspecified atom stereocenters. The van der Waals surface area contributed by atoms with Crippen LogP contribution in [-0.2, 0) is 0 Å². The molecule has 1 nitrogen and oxygen atoms in total. The maximum atomic E-state index is 5.98. The molecule has 0 aliphatic rings. The molecule has 2 heteroatoms. The van der Waals surface area contributed by atoms with Gasteiger partial charge in [0.15, 0.2) is 6.00 Å². The van der Waals surface area contributed by atoms with Crippen LogP contribution in [0.15, 0.2) is 66.7 Å². The first-order valence-electron chi connectivity index (χ1n) is 8.31. The van der Waals surface area contributed by atoms with Gasteiger partial charge >= 0.3 is 0 Å². The highest BCUT2D eigenvalue weighted by Crippen LogP contribution is 2.24. The van der Waals surface area contributed by atoms with Gasteiger partial charge in [-0.15, -0.1) is 0 Å². The highest BCUT2D eigenvalue weighted by atomic mass is 35.5. The molecule has 0 amide bonds. The van der Waals surface area contributed by atoms with Crippen LogP contribution in [0.3, 0.4) is 0 Å². The third kappa shape index (κ3) is 5.85. The smallest absolute Gasteiger partial charge is 0.154 e. The number of allylic oxidation sites excluding steroid dienone is 1. The lowest BCUT2D eigenvalue weighted by Gasteiger charge is -2.26. The first-order chi connectivity index (χ1) is 11.1. The number of alkyl halides is 1. The molecule has 0 aliphatic carbocycles.